The van der Waals surface area contributed by atoms with Gasteiger partial charge in [0, 0.05) is 33.8 Å². The normalized spacial score (nSPS) is 29.6. The van der Waals surface area contributed by atoms with Crippen LogP contribution in [0.3, 0.4) is 0 Å². The van der Waals surface area contributed by atoms with Crippen LogP contribution in [0.1, 0.15) is 27.7 Å². The lowest BCUT2D eigenvalue weighted by molar-refractivity contribution is -0.310. The molecular formula is C19H24O12. The lowest BCUT2D eigenvalue weighted by Gasteiger charge is -2.44. The van der Waals surface area contributed by atoms with Crippen LogP contribution in [-0.4, -0.2) is 79.9 Å². The van der Waals surface area contributed by atoms with E-state index in [2.05, 4.69) is 0 Å². The van der Waals surface area contributed by atoms with E-state index in [4.69, 9.17) is 33.2 Å². The second kappa shape index (κ2) is 10.9. The van der Waals surface area contributed by atoms with Crippen molar-refractivity contribution < 1.29 is 57.1 Å². The Morgan fingerprint density at radius 3 is 1.94 bits per heavy atom. The summed E-state index contributed by atoms with van der Waals surface area (Å²) in [4.78, 5) is 57.5. The molecule has 12 nitrogen and oxygen atoms in total. The highest BCUT2D eigenvalue weighted by atomic mass is 16.7. The Hall–Kier alpha value is -2.99. The zero-order valence-electron chi connectivity index (χ0n) is 17.4. The molecule has 5 unspecified atom stereocenters. The van der Waals surface area contributed by atoms with E-state index in [0.717, 1.165) is 20.8 Å². The van der Waals surface area contributed by atoms with Gasteiger partial charge in [-0.3, -0.25) is 19.2 Å². The highest BCUT2D eigenvalue weighted by Crippen LogP contribution is 2.30. The monoisotopic (exact) mass is 444 g/mol. The van der Waals surface area contributed by atoms with E-state index in [-0.39, 0.29) is 13.2 Å². The maximum Gasteiger partial charge on any atom is 0.331 e. The molecule has 2 rings (SSSR count). The van der Waals surface area contributed by atoms with Crippen LogP contribution >= 0.6 is 0 Å². The third-order valence-corrected chi connectivity index (χ3v) is 4.09. The summed E-state index contributed by atoms with van der Waals surface area (Å²) in [6.45, 7) is 3.99. The molecule has 0 aliphatic carbocycles. The van der Waals surface area contributed by atoms with Crippen LogP contribution in [0.25, 0.3) is 0 Å². The third-order valence-electron chi connectivity index (χ3n) is 4.09. The fraction of sp³-hybridized carbons (Fsp3) is 0.632. The van der Waals surface area contributed by atoms with Crippen LogP contribution in [-0.2, 0) is 57.1 Å². The average molecular weight is 444 g/mol. The quantitative estimate of drug-likeness (QED) is 0.353. The molecule has 1 fully saturated rings. The van der Waals surface area contributed by atoms with Gasteiger partial charge in [-0.25, -0.2) is 4.79 Å². The minimum atomic E-state index is -1.33. The molecule has 1 saturated heterocycles. The summed E-state index contributed by atoms with van der Waals surface area (Å²) in [7, 11) is 0. The highest BCUT2D eigenvalue weighted by Gasteiger charge is 2.52. The molecule has 2 heterocycles. The summed E-state index contributed by atoms with van der Waals surface area (Å²) in [6.07, 6.45) is -4.39. The number of hydrogen-bond acceptors (Lipinski definition) is 12. The van der Waals surface area contributed by atoms with Gasteiger partial charge in [-0.1, -0.05) is 0 Å². The fourth-order valence-corrected chi connectivity index (χ4v) is 3.02. The topological polar surface area (TPSA) is 150 Å². The van der Waals surface area contributed by atoms with E-state index >= 15 is 0 Å². The Balaban J connectivity index is 2.30. The number of ether oxygens (including phenoxy) is 7. The molecule has 0 amide bonds. The van der Waals surface area contributed by atoms with Crippen molar-refractivity contribution in [3.63, 3.8) is 0 Å². The molecule has 2 aliphatic rings. The van der Waals surface area contributed by atoms with Gasteiger partial charge in [0.15, 0.2) is 24.6 Å². The van der Waals surface area contributed by atoms with Gasteiger partial charge in [0.2, 0.25) is 0 Å². The Bertz CT molecular complexity index is 744. The van der Waals surface area contributed by atoms with Gasteiger partial charge in [-0.05, 0) is 6.08 Å². The summed E-state index contributed by atoms with van der Waals surface area (Å²) < 4.78 is 37.1. The Morgan fingerprint density at radius 1 is 0.839 bits per heavy atom. The maximum atomic E-state index is 11.7. The van der Waals surface area contributed by atoms with Gasteiger partial charge in [0.1, 0.15) is 18.8 Å². The van der Waals surface area contributed by atoms with Crippen molar-refractivity contribution in [3.05, 3.63) is 12.2 Å². The molecule has 0 N–H and O–H groups in total. The van der Waals surface area contributed by atoms with Gasteiger partial charge >= 0.3 is 29.8 Å². The summed E-state index contributed by atoms with van der Waals surface area (Å²) in [5.74, 6) is -3.40. The molecule has 12 heteroatoms. The lowest BCUT2D eigenvalue weighted by Crippen LogP contribution is -2.63. The van der Waals surface area contributed by atoms with Crippen molar-refractivity contribution in [2.75, 3.05) is 13.2 Å². The first-order chi connectivity index (χ1) is 14.6. The van der Waals surface area contributed by atoms with E-state index in [1.165, 1.54) is 19.1 Å². The van der Waals surface area contributed by atoms with Crippen LogP contribution in [0.5, 0.6) is 0 Å². The van der Waals surface area contributed by atoms with E-state index in [1.807, 2.05) is 0 Å². The van der Waals surface area contributed by atoms with E-state index in [9.17, 15) is 24.0 Å². The lowest BCUT2D eigenvalue weighted by atomic mass is 9.98. The van der Waals surface area contributed by atoms with Crippen molar-refractivity contribution in [1.82, 2.24) is 0 Å². The van der Waals surface area contributed by atoms with Gasteiger partial charge in [0.05, 0.1) is 6.61 Å². The number of esters is 5. The summed E-state index contributed by atoms with van der Waals surface area (Å²) >= 11 is 0. The van der Waals surface area contributed by atoms with Gasteiger partial charge in [0.25, 0.3) is 0 Å². The van der Waals surface area contributed by atoms with Crippen LogP contribution in [0, 0.1) is 0 Å². The van der Waals surface area contributed by atoms with Crippen molar-refractivity contribution in [1.29, 1.82) is 0 Å². The van der Waals surface area contributed by atoms with Crippen molar-refractivity contribution in [2.45, 2.75) is 64.5 Å². The van der Waals surface area contributed by atoms with Crippen LogP contribution < -0.4 is 0 Å². The third kappa shape index (κ3) is 7.33. The highest BCUT2D eigenvalue weighted by molar-refractivity contribution is 5.84. The average Bonchev–Trinajstić information content (AvgIpc) is 3.06. The number of carbonyl (C=O) groups is 5. The zero-order valence-corrected chi connectivity index (χ0v) is 17.4. The number of cyclic esters (lactones) is 1. The fourth-order valence-electron chi connectivity index (χ4n) is 3.02. The molecule has 31 heavy (non-hydrogen) atoms. The molecule has 0 aromatic rings. The standard InChI is InChI=1S/C19H24O12/c1-9(20)25-8-14-16(27-10(2)21)17(28-11(3)22)18(29-12(4)23)19(31-14)26-7-13-5-6-15(24)30-13/h5-6,13-14,16-19H,7-8H2,1-4H3/t13-,14?,16?,17?,18?,19?/m0/s1. The molecule has 0 aromatic heterocycles. The maximum absolute atomic E-state index is 11.7. The predicted molar refractivity (Wildman–Crippen MR) is 96.9 cm³/mol. The molecule has 2 aliphatic heterocycles. The second-order valence-electron chi connectivity index (χ2n) is 6.74. The first-order valence-corrected chi connectivity index (χ1v) is 9.37. The first-order valence-electron chi connectivity index (χ1n) is 9.37. The Morgan fingerprint density at radius 2 is 1.42 bits per heavy atom. The first kappa shape index (κ1) is 24.3. The van der Waals surface area contributed by atoms with E-state index < -0.39 is 66.7 Å². The molecule has 0 bridgehead atoms. The summed E-state index contributed by atoms with van der Waals surface area (Å²) in [5, 5.41) is 0. The SMILES string of the molecule is CC(=O)OCC1OC(OC[C@@H]2C=CC(=O)O2)C(OC(C)=O)C(OC(C)=O)C1OC(C)=O. The Labute approximate surface area is 177 Å². The Kier molecular flexibility index (Phi) is 8.51. The van der Waals surface area contributed by atoms with Gasteiger partial charge in [-0.2, -0.15) is 0 Å². The largest absolute Gasteiger partial charge is 0.463 e. The van der Waals surface area contributed by atoms with E-state index in [1.54, 1.807) is 0 Å². The van der Waals surface area contributed by atoms with Crippen LogP contribution in [0.4, 0.5) is 0 Å². The smallest absolute Gasteiger partial charge is 0.331 e. The number of carbonyl (C=O) groups excluding carboxylic acids is 5. The van der Waals surface area contributed by atoms with Crippen LogP contribution in [0.15, 0.2) is 12.2 Å². The summed E-state index contributed by atoms with van der Waals surface area (Å²) in [5.41, 5.74) is 0. The van der Waals surface area contributed by atoms with Gasteiger partial charge < -0.3 is 33.2 Å². The molecule has 0 aromatic carbocycles. The minimum Gasteiger partial charge on any atom is -0.463 e. The second-order valence-corrected chi connectivity index (χ2v) is 6.74. The molecule has 6 atom stereocenters. The minimum absolute atomic E-state index is 0.171. The number of hydrogen-bond donors (Lipinski definition) is 0. The van der Waals surface area contributed by atoms with Crippen molar-refractivity contribution >= 4 is 29.8 Å². The van der Waals surface area contributed by atoms with E-state index in [0.29, 0.717) is 0 Å². The molecule has 0 spiro atoms. The van der Waals surface area contributed by atoms with Crippen LogP contribution in [0.2, 0.25) is 0 Å². The van der Waals surface area contributed by atoms with Crippen molar-refractivity contribution in [2.24, 2.45) is 0 Å². The summed E-state index contributed by atoms with van der Waals surface area (Å²) in [6, 6.07) is 0. The molecule has 172 valence electrons. The predicted octanol–water partition coefficient (Wildman–Crippen LogP) is -0.432. The van der Waals surface area contributed by atoms with Crippen molar-refractivity contribution in [3.8, 4) is 0 Å². The van der Waals surface area contributed by atoms with Gasteiger partial charge in [-0.15, -0.1) is 0 Å². The molecule has 0 radical (unpaired) electrons. The zero-order chi connectivity index (χ0) is 23.1. The molecular weight excluding hydrogens is 420 g/mol. The molecule has 0 saturated carbocycles. The number of rotatable bonds is 8.